The van der Waals surface area contributed by atoms with Crippen LogP contribution >= 0.6 is 22.6 Å². The van der Waals surface area contributed by atoms with Gasteiger partial charge in [-0.05, 0) is 35.4 Å². The molecule has 0 radical (unpaired) electrons. The normalized spacial score (nSPS) is 18.6. The Bertz CT molecular complexity index is 336. The molecule has 0 spiro atoms. The summed E-state index contributed by atoms with van der Waals surface area (Å²) in [7, 11) is 0. The van der Waals surface area contributed by atoms with E-state index in [1.807, 2.05) is 0 Å². The van der Waals surface area contributed by atoms with Crippen molar-refractivity contribution in [3.8, 4) is 0 Å². The second-order valence-corrected chi connectivity index (χ2v) is 5.69. The number of nitrogens with one attached hydrogen (secondary N) is 1. The Labute approximate surface area is 109 Å². The van der Waals surface area contributed by atoms with Gasteiger partial charge in [0, 0.05) is 27.9 Å². The molecule has 4 nitrogen and oxygen atoms in total. The Morgan fingerprint density at radius 3 is 2.50 bits per heavy atom. The molecule has 0 amide bonds. The molecule has 2 N–H and O–H groups in total. The van der Waals surface area contributed by atoms with Gasteiger partial charge in [-0.25, -0.2) is 9.97 Å². The van der Waals surface area contributed by atoms with Crippen LogP contribution in [0.4, 0.5) is 5.95 Å². The number of anilines is 1. The van der Waals surface area contributed by atoms with E-state index in [1.165, 1.54) is 12.8 Å². The monoisotopic (exact) mass is 333 g/mol. The Hall–Kier alpha value is -0.430. The van der Waals surface area contributed by atoms with Crippen molar-refractivity contribution in [1.29, 1.82) is 0 Å². The Morgan fingerprint density at radius 1 is 1.31 bits per heavy atom. The minimum atomic E-state index is 0.0480. The van der Waals surface area contributed by atoms with Crippen LogP contribution in [-0.2, 0) is 0 Å². The lowest BCUT2D eigenvalue weighted by molar-refractivity contribution is 0.142. The lowest BCUT2D eigenvalue weighted by Crippen LogP contribution is -2.31. The molecule has 0 saturated heterocycles. The molecule has 16 heavy (non-hydrogen) atoms. The van der Waals surface area contributed by atoms with Crippen molar-refractivity contribution in [2.24, 2.45) is 5.41 Å². The summed E-state index contributed by atoms with van der Waals surface area (Å²) in [6.45, 7) is 1.02. The zero-order valence-electron chi connectivity index (χ0n) is 9.12. The highest BCUT2D eigenvalue weighted by atomic mass is 127. The van der Waals surface area contributed by atoms with Crippen molar-refractivity contribution in [2.75, 3.05) is 18.5 Å². The van der Waals surface area contributed by atoms with Crippen molar-refractivity contribution < 1.29 is 5.11 Å². The van der Waals surface area contributed by atoms with Gasteiger partial charge in [0.15, 0.2) is 0 Å². The standard InChI is InChI=1S/C11H16IN3O/c12-9-5-13-10(14-6-9)15-7-11(8-16)3-1-2-4-11/h5-6,16H,1-4,7-8H2,(H,13,14,15). The van der Waals surface area contributed by atoms with Gasteiger partial charge in [-0.2, -0.15) is 0 Å². The zero-order chi connectivity index (χ0) is 11.4. The van der Waals surface area contributed by atoms with E-state index in [0.29, 0.717) is 5.95 Å². The van der Waals surface area contributed by atoms with E-state index in [2.05, 4.69) is 37.9 Å². The summed E-state index contributed by atoms with van der Waals surface area (Å²) in [5, 5.41) is 12.7. The predicted molar refractivity (Wildman–Crippen MR) is 71.2 cm³/mol. The summed E-state index contributed by atoms with van der Waals surface area (Å²) in [6, 6.07) is 0. The van der Waals surface area contributed by atoms with Gasteiger partial charge in [-0.3, -0.25) is 0 Å². The summed E-state index contributed by atoms with van der Waals surface area (Å²) in [6.07, 6.45) is 8.21. The summed E-state index contributed by atoms with van der Waals surface area (Å²) in [5.74, 6) is 0.653. The maximum Gasteiger partial charge on any atom is 0.222 e. The number of hydrogen-bond acceptors (Lipinski definition) is 4. The smallest absolute Gasteiger partial charge is 0.222 e. The third-order valence-electron chi connectivity index (χ3n) is 3.24. The van der Waals surface area contributed by atoms with Gasteiger partial charge in [-0.1, -0.05) is 12.8 Å². The SMILES string of the molecule is OCC1(CNc2ncc(I)cn2)CCCC1. The van der Waals surface area contributed by atoms with Gasteiger partial charge < -0.3 is 10.4 Å². The molecule has 1 aromatic heterocycles. The maximum absolute atomic E-state index is 9.46. The quantitative estimate of drug-likeness (QED) is 0.828. The fraction of sp³-hybridized carbons (Fsp3) is 0.636. The van der Waals surface area contributed by atoms with Crippen LogP contribution < -0.4 is 5.32 Å². The molecule has 0 aliphatic heterocycles. The molecule has 88 valence electrons. The van der Waals surface area contributed by atoms with E-state index in [9.17, 15) is 5.11 Å². The first-order valence-electron chi connectivity index (χ1n) is 5.56. The summed E-state index contributed by atoms with van der Waals surface area (Å²) in [4.78, 5) is 8.39. The van der Waals surface area contributed by atoms with E-state index in [4.69, 9.17) is 0 Å². The molecular weight excluding hydrogens is 317 g/mol. The molecule has 1 aliphatic carbocycles. The van der Waals surface area contributed by atoms with Crippen LogP contribution in [0.3, 0.4) is 0 Å². The van der Waals surface area contributed by atoms with Crippen LogP contribution in [0.5, 0.6) is 0 Å². The van der Waals surface area contributed by atoms with Crippen LogP contribution in [0.15, 0.2) is 12.4 Å². The first-order valence-corrected chi connectivity index (χ1v) is 6.64. The Morgan fingerprint density at radius 2 is 1.94 bits per heavy atom. The lowest BCUT2D eigenvalue weighted by Gasteiger charge is -2.26. The van der Waals surface area contributed by atoms with Gasteiger partial charge in [0.05, 0.1) is 6.61 Å². The van der Waals surface area contributed by atoms with Crippen molar-refractivity contribution in [3.05, 3.63) is 16.0 Å². The first kappa shape index (κ1) is 12.0. The van der Waals surface area contributed by atoms with E-state index in [1.54, 1.807) is 12.4 Å². The summed E-state index contributed by atoms with van der Waals surface area (Å²) >= 11 is 2.18. The van der Waals surface area contributed by atoms with E-state index in [-0.39, 0.29) is 12.0 Å². The van der Waals surface area contributed by atoms with Crippen LogP contribution in [0.1, 0.15) is 25.7 Å². The van der Waals surface area contributed by atoms with E-state index in [0.717, 1.165) is 23.0 Å². The third-order valence-corrected chi connectivity index (χ3v) is 3.80. The molecule has 1 aliphatic rings. The highest BCUT2D eigenvalue weighted by Crippen LogP contribution is 2.37. The molecule has 0 aromatic carbocycles. The number of rotatable bonds is 4. The van der Waals surface area contributed by atoms with Crippen molar-refractivity contribution >= 4 is 28.5 Å². The first-order chi connectivity index (χ1) is 7.74. The highest BCUT2D eigenvalue weighted by molar-refractivity contribution is 14.1. The van der Waals surface area contributed by atoms with Crippen molar-refractivity contribution in [3.63, 3.8) is 0 Å². The molecule has 0 bridgehead atoms. The molecule has 0 atom stereocenters. The van der Waals surface area contributed by atoms with Crippen LogP contribution in [0.2, 0.25) is 0 Å². The topological polar surface area (TPSA) is 58.0 Å². The second-order valence-electron chi connectivity index (χ2n) is 4.44. The number of halogens is 1. The second kappa shape index (κ2) is 5.27. The molecule has 0 unspecified atom stereocenters. The molecule has 1 fully saturated rings. The predicted octanol–water partition coefficient (Wildman–Crippen LogP) is 2.05. The van der Waals surface area contributed by atoms with Gasteiger partial charge in [-0.15, -0.1) is 0 Å². The minimum Gasteiger partial charge on any atom is -0.396 e. The van der Waals surface area contributed by atoms with Gasteiger partial charge in [0.2, 0.25) is 5.95 Å². The third kappa shape index (κ3) is 2.82. The summed E-state index contributed by atoms with van der Waals surface area (Å²) < 4.78 is 1.03. The van der Waals surface area contributed by atoms with Crippen LogP contribution in [0.25, 0.3) is 0 Å². The number of aromatic nitrogens is 2. The van der Waals surface area contributed by atoms with Gasteiger partial charge >= 0.3 is 0 Å². The lowest BCUT2D eigenvalue weighted by atomic mass is 9.87. The maximum atomic E-state index is 9.46. The fourth-order valence-corrected chi connectivity index (χ4v) is 2.46. The number of aliphatic hydroxyl groups excluding tert-OH is 1. The largest absolute Gasteiger partial charge is 0.396 e. The summed E-state index contributed by atoms with van der Waals surface area (Å²) in [5.41, 5.74) is 0.0480. The average Bonchev–Trinajstić information content (AvgIpc) is 2.78. The fourth-order valence-electron chi connectivity index (χ4n) is 2.19. The van der Waals surface area contributed by atoms with Crippen molar-refractivity contribution in [1.82, 2.24) is 9.97 Å². The van der Waals surface area contributed by atoms with Crippen molar-refractivity contribution in [2.45, 2.75) is 25.7 Å². The molecule has 5 heteroatoms. The zero-order valence-corrected chi connectivity index (χ0v) is 11.3. The molecule has 2 rings (SSSR count). The molecule has 1 saturated carbocycles. The molecular formula is C11H16IN3O. The number of aliphatic hydroxyl groups is 1. The van der Waals surface area contributed by atoms with Crippen LogP contribution in [0, 0.1) is 8.99 Å². The molecule has 1 heterocycles. The highest BCUT2D eigenvalue weighted by Gasteiger charge is 2.33. The Balaban J connectivity index is 1.93. The van der Waals surface area contributed by atoms with E-state index >= 15 is 0 Å². The van der Waals surface area contributed by atoms with Gasteiger partial charge in [0.25, 0.3) is 0 Å². The minimum absolute atomic E-state index is 0.0480. The molecule has 1 aromatic rings. The number of nitrogens with zero attached hydrogens (tertiary/aromatic N) is 2. The van der Waals surface area contributed by atoms with Gasteiger partial charge in [0.1, 0.15) is 0 Å². The average molecular weight is 333 g/mol. The Kier molecular flexibility index (Phi) is 3.96. The van der Waals surface area contributed by atoms with Crippen LogP contribution in [-0.4, -0.2) is 28.2 Å². The number of hydrogen-bond donors (Lipinski definition) is 2. The van der Waals surface area contributed by atoms with E-state index < -0.39 is 0 Å².